The lowest BCUT2D eigenvalue weighted by atomic mass is 10.0. The SMILES string of the molecule is COc1ccc([C@H]2CCCN2C(=O)NC[C@@H]2COc3ccccc3O2)cc1. The molecule has 2 aliphatic heterocycles. The van der Waals surface area contributed by atoms with Gasteiger partial charge in [-0.05, 0) is 42.7 Å². The Kier molecular flexibility index (Phi) is 5.05. The van der Waals surface area contributed by atoms with Gasteiger partial charge in [0, 0.05) is 6.54 Å². The Morgan fingerprint density at radius 3 is 2.74 bits per heavy atom. The van der Waals surface area contributed by atoms with Crippen molar-refractivity contribution in [1.29, 1.82) is 0 Å². The summed E-state index contributed by atoms with van der Waals surface area (Å²) in [4.78, 5) is 14.6. The predicted octanol–water partition coefficient (Wildman–Crippen LogP) is 3.38. The number of likely N-dealkylation sites (tertiary alicyclic amines) is 1. The highest BCUT2D eigenvalue weighted by molar-refractivity contribution is 5.75. The van der Waals surface area contributed by atoms with Crippen molar-refractivity contribution in [2.24, 2.45) is 0 Å². The van der Waals surface area contributed by atoms with Crippen LogP contribution in [0.2, 0.25) is 0 Å². The Morgan fingerprint density at radius 1 is 1.19 bits per heavy atom. The molecule has 0 radical (unpaired) electrons. The molecule has 0 unspecified atom stereocenters. The number of carbonyl (C=O) groups excluding carboxylic acids is 1. The van der Waals surface area contributed by atoms with Gasteiger partial charge in [-0.25, -0.2) is 4.79 Å². The molecule has 27 heavy (non-hydrogen) atoms. The first kappa shape index (κ1) is 17.5. The molecule has 6 nitrogen and oxygen atoms in total. The van der Waals surface area contributed by atoms with Gasteiger partial charge in [-0.15, -0.1) is 0 Å². The van der Waals surface area contributed by atoms with Crippen LogP contribution in [0.4, 0.5) is 4.79 Å². The molecule has 142 valence electrons. The van der Waals surface area contributed by atoms with Crippen LogP contribution in [0.25, 0.3) is 0 Å². The first-order valence-corrected chi connectivity index (χ1v) is 9.31. The molecule has 0 aliphatic carbocycles. The number of fused-ring (bicyclic) bond motifs is 1. The van der Waals surface area contributed by atoms with E-state index in [1.165, 1.54) is 0 Å². The van der Waals surface area contributed by atoms with E-state index in [1.54, 1.807) is 7.11 Å². The maximum absolute atomic E-state index is 12.7. The maximum atomic E-state index is 12.7. The van der Waals surface area contributed by atoms with Gasteiger partial charge in [0.05, 0.1) is 19.7 Å². The minimum absolute atomic E-state index is 0.0595. The van der Waals surface area contributed by atoms with Crippen molar-refractivity contribution in [1.82, 2.24) is 10.2 Å². The van der Waals surface area contributed by atoms with Crippen LogP contribution < -0.4 is 19.5 Å². The number of nitrogens with zero attached hydrogens (tertiary/aromatic N) is 1. The summed E-state index contributed by atoms with van der Waals surface area (Å²) in [7, 11) is 1.65. The van der Waals surface area contributed by atoms with Gasteiger partial charge < -0.3 is 24.4 Å². The number of amides is 2. The van der Waals surface area contributed by atoms with Gasteiger partial charge in [0.15, 0.2) is 17.6 Å². The second kappa shape index (κ2) is 7.78. The Balaban J connectivity index is 1.35. The molecule has 2 atom stereocenters. The lowest BCUT2D eigenvalue weighted by Gasteiger charge is -2.29. The highest BCUT2D eigenvalue weighted by Crippen LogP contribution is 2.33. The monoisotopic (exact) mass is 368 g/mol. The minimum atomic E-state index is -0.189. The molecule has 0 bridgehead atoms. The second-order valence-corrected chi connectivity index (χ2v) is 6.81. The van der Waals surface area contributed by atoms with Gasteiger partial charge in [0.25, 0.3) is 0 Å². The zero-order valence-electron chi connectivity index (χ0n) is 15.4. The number of carbonyl (C=O) groups is 1. The number of methoxy groups -OCH3 is 1. The molecule has 2 aromatic rings. The van der Waals surface area contributed by atoms with Crippen LogP contribution in [-0.4, -0.2) is 43.8 Å². The largest absolute Gasteiger partial charge is 0.497 e. The van der Waals surface area contributed by atoms with E-state index in [4.69, 9.17) is 14.2 Å². The van der Waals surface area contributed by atoms with Crippen LogP contribution in [0, 0.1) is 0 Å². The van der Waals surface area contributed by atoms with Crippen LogP contribution >= 0.6 is 0 Å². The van der Waals surface area contributed by atoms with Crippen LogP contribution in [0.15, 0.2) is 48.5 Å². The number of rotatable bonds is 4. The molecule has 0 spiro atoms. The summed E-state index contributed by atoms with van der Waals surface area (Å²) >= 11 is 0. The van der Waals surface area contributed by atoms with Crippen LogP contribution in [0.5, 0.6) is 17.2 Å². The number of hydrogen-bond donors (Lipinski definition) is 1. The van der Waals surface area contributed by atoms with E-state index < -0.39 is 0 Å². The molecule has 1 N–H and O–H groups in total. The molecule has 2 amide bonds. The normalized spacial score (nSPS) is 21.0. The first-order valence-electron chi connectivity index (χ1n) is 9.31. The van der Waals surface area contributed by atoms with Gasteiger partial charge in [0.1, 0.15) is 12.4 Å². The van der Waals surface area contributed by atoms with Crippen LogP contribution in [-0.2, 0) is 0 Å². The van der Waals surface area contributed by atoms with Gasteiger partial charge in [0.2, 0.25) is 0 Å². The average Bonchev–Trinajstić information content (AvgIpc) is 3.22. The lowest BCUT2D eigenvalue weighted by Crippen LogP contribution is -2.46. The molecule has 4 rings (SSSR count). The summed E-state index contributed by atoms with van der Waals surface area (Å²) in [6.45, 7) is 1.60. The molecule has 1 fully saturated rings. The highest BCUT2D eigenvalue weighted by atomic mass is 16.6. The number of nitrogens with one attached hydrogen (secondary N) is 1. The summed E-state index contributed by atoms with van der Waals surface area (Å²) in [5, 5.41) is 3.00. The summed E-state index contributed by atoms with van der Waals surface area (Å²) < 4.78 is 16.8. The second-order valence-electron chi connectivity index (χ2n) is 6.81. The third-order valence-electron chi connectivity index (χ3n) is 5.06. The van der Waals surface area contributed by atoms with Gasteiger partial charge in [-0.1, -0.05) is 24.3 Å². The number of benzene rings is 2. The smallest absolute Gasteiger partial charge is 0.318 e. The van der Waals surface area contributed by atoms with E-state index in [1.807, 2.05) is 53.4 Å². The third-order valence-corrected chi connectivity index (χ3v) is 5.06. The fourth-order valence-electron chi connectivity index (χ4n) is 3.65. The quantitative estimate of drug-likeness (QED) is 0.899. The Labute approximate surface area is 159 Å². The van der Waals surface area contributed by atoms with Crippen molar-refractivity contribution < 1.29 is 19.0 Å². The minimum Gasteiger partial charge on any atom is -0.497 e. The number of urea groups is 1. The zero-order chi connectivity index (χ0) is 18.6. The van der Waals surface area contributed by atoms with Crippen molar-refractivity contribution in [2.45, 2.75) is 25.0 Å². The molecular weight excluding hydrogens is 344 g/mol. The predicted molar refractivity (Wildman–Crippen MR) is 101 cm³/mol. The lowest BCUT2D eigenvalue weighted by molar-refractivity contribution is 0.0898. The molecule has 2 aliphatic rings. The summed E-state index contributed by atoms with van der Waals surface area (Å²) in [5.41, 5.74) is 1.13. The fourth-order valence-corrected chi connectivity index (χ4v) is 3.65. The summed E-state index contributed by atoms with van der Waals surface area (Å²) in [6, 6.07) is 15.6. The third kappa shape index (κ3) is 3.79. The zero-order valence-corrected chi connectivity index (χ0v) is 15.4. The Morgan fingerprint density at radius 2 is 1.96 bits per heavy atom. The van der Waals surface area contributed by atoms with Gasteiger partial charge in [-0.2, -0.15) is 0 Å². The first-order chi connectivity index (χ1) is 13.2. The maximum Gasteiger partial charge on any atom is 0.318 e. The molecule has 6 heteroatoms. The summed E-state index contributed by atoms with van der Waals surface area (Å²) in [5.74, 6) is 2.29. The molecule has 2 aromatic carbocycles. The number of ether oxygens (including phenoxy) is 3. The van der Waals surface area contributed by atoms with E-state index in [-0.39, 0.29) is 18.2 Å². The highest BCUT2D eigenvalue weighted by Gasteiger charge is 2.30. The van der Waals surface area contributed by atoms with Crippen molar-refractivity contribution in [3.8, 4) is 17.2 Å². The van der Waals surface area contributed by atoms with E-state index >= 15 is 0 Å². The summed E-state index contributed by atoms with van der Waals surface area (Å²) in [6.07, 6.45) is 1.78. The van der Waals surface area contributed by atoms with E-state index in [9.17, 15) is 4.79 Å². The molecule has 1 saturated heterocycles. The number of hydrogen-bond acceptors (Lipinski definition) is 4. The Hall–Kier alpha value is -2.89. The van der Waals surface area contributed by atoms with Gasteiger partial charge >= 0.3 is 6.03 Å². The van der Waals surface area contributed by atoms with E-state index in [0.29, 0.717) is 13.2 Å². The molecule has 2 heterocycles. The van der Waals surface area contributed by atoms with Crippen molar-refractivity contribution in [2.75, 3.05) is 26.8 Å². The molecule has 0 saturated carbocycles. The number of para-hydroxylation sites is 2. The standard InChI is InChI=1S/C21H24N2O4/c1-25-16-10-8-15(9-11-16)18-5-4-12-23(18)21(24)22-13-17-14-26-19-6-2-3-7-20(19)27-17/h2-3,6-11,17-18H,4-5,12-14H2,1H3,(H,22,24)/t17-,18-/m1/s1. The Bertz CT molecular complexity index is 793. The van der Waals surface area contributed by atoms with Crippen molar-refractivity contribution >= 4 is 6.03 Å². The van der Waals surface area contributed by atoms with Crippen molar-refractivity contribution in [3.63, 3.8) is 0 Å². The van der Waals surface area contributed by atoms with E-state index in [2.05, 4.69) is 5.32 Å². The topological polar surface area (TPSA) is 60.0 Å². The van der Waals surface area contributed by atoms with Crippen LogP contribution in [0.1, 0.15) is 24.4 Å². The fraction of sp³-hybridized carbons (Fsp3) is 0.381. The molecule has 0 aromatic heterocycles. The van der Waals surface area contributed by atoms with E-state index in [0.717, 1.165) is 42.2 Å². The molecular formula is C21H24N2O4. The van der Waals surface area contributed by atoms with Crippen molar-refractivity contribution in [3.05, 3.63) is 54.1 Å². The average molecular weight is 368 g/mol. The van der Waals surface area contributed by atoms with Gasteiger partial charge in [-0.3, -0.25) is 0 Å². The van der Waals surface area contributed by atoms with Crippen LogP contribution in [0.3, 0.4) is 0 Å².